The number of carbonyl (C=O) groups excluding carboxylic acids is 1. The summed E-state index contributed by atoms with van der Waals surface area (Å²) in [5.74, 6) is -0.297. The summed E-state index contributed by atoms with van der Waals surface area (Å²) in [6, 6.07) is 0.481. The van der Waals surface area contributed by atoms with E-state index in [4.69, 9.17) is 14.2 Å². The van der Waals surface area contributed by atoms with E-state index in [0.717, 1.165) is 38.8 Å². The van der Waals surface area contributed by atoms with Crippen molar-refractivity contribution >= 4 is 5.97 Å². The number of hydrogen-bond acceptors (Lipinski definition) is 5. The minimum Gasteiger partial charge on any atom is -0.464 e. The lowest BCUT2D eigenvalue weighted by atomic mass is 9.86. The molecule has 0 aromatic rings. The van der Waals surface area contributed by atoms with Crippen LogP contribution in [0.5, 0.6) is 0 Å². The lowest BCUT2D eigenvalue weighted by Crippen LogP contribution is -2.47. The van der Waals surface area contributed by atoms with E-state index in [9.17, 15) is 4.79 Å². The van der Waals surface area contributed by atoms with Gasteiger partial charge in [-0.1, -0.05) is 13.8 Å². The molecular weight excluding hydrogens is 258 g/mol. The molecule has 0 radical (unpaired) electrons. The summed E-state index contributed by atoms with van der Waals surface area (Å²) in [4.78, 5) is 11.1. The van der Waals surface area contributed by atoms with Crippen molar-refractivity contribution in [1.82, 2.24) is 5.32 Å². The van der Waals surface area contributed by atoms with Crippen molar-refractivity contribution in [1.29, 1.82) is 0 Å². The third-order valence-corrected chi connectivity index (χ3v) is 3.99. The molecule has 0 aromatic carbocycles. The van der Waals surface area contributed by atoms with E-state index in [1.807, 2.05) is 0 Å². The molecule has 1 N–H and O–H groups in total. The van der Waals surface area contributed by atoms with Crippen LogP contribution in [0.3, 0.4) is 0 Å². The van der Waals surface area contributed by atoms with Crippen LogP contribution in [-0.4, -0.2) is 50.6 Å². The van der Waals surface area contributed by atoms with E-state index in [1.54, 1.807) is 6.92 Å². The predicted octanol–water partition coefficient (Wildman–Crippen LogP) is 1.89. The molecule has 5 heteroatoms. The fraction of sp³-hybridized carbons (Fsp3) is 0.933. The van der Waals surface area contributed by atoms with Gasteiger partial charge in [0.15, 0.2) is 0 Å². The molecule has 5 nitrogen and oxygen atoms in total. The Hall–Kier alpha value is -0.650. The molecule has 0 aromatic heterocycles. The van der Waals surface area contributed by atoms with Gasteiger partial charge in [-0.25, -0.2) is 4.79 Å². The van der Waals surface area contributed by atoms with Gasteiger partial charge in [0, 0.05) is 19.2 Å². The molecule has 0 saturated carbocycles. The highest BCUT2D eigenvalue weighted by Crippen LogP contribution is 2.31. The van der Waals surface area contributed by atoms with Gasteiger partial charge in [0.05, 0.1) is 18.8 Å². The van der Waals surface area contributed by atoms with Crippen LogP contribution in [-0.2, 0) is 19.0 Å². The molecule has 1 heterocycles. The second-order valence-corrected chi connectivity index (χ2v) is 5.24. The van der Waals surface area contributed by atoms with Crippen molar-refractivity contribution in [2.24, 2.45) is 0 Å². The van der Waals surface area contributed by atoms with E-state index in [-0.39, 0.29) is 18.2 Å². The Kier molecular flexibility index (Phi) is 8.11. The van der Waals surface area contributed by atoms with Crippen LogP contribution in [0, 0.1) is 0 Å². The van der Waals surface area contributed by atoms with Gasteiger partial charge >= 0.3 is 5.97 Å². The second-order valence-electron chi connectivity index (χ2n) is 5.24. The van der Waals surface area contributed by atoms with Crippen molar-refractivity contribution in [3.63, 3.8) is 0 Å². The number of hydrogen-bond donors (Lipinski definition) is 1. The quantitative estimate of drug-likeness (QED) is 0.518. The monoisotopic (exact) mass is 287 g/mol. The molecule has 0 amide bonds. The Bertz CT molecular complexity index is 279. The summed E-state index contributed by atoms with van der Waals surface area (Å²) in [5.41, 5.74) is 0.0434. The number of ether oxygens (including phenoxy) is 3. The van der Waals surface area contributed by atoms with Gasteiger partial charge < -0.3 is 19.5 Å². The van der Waals surface area contributed by atoms with Gasteiger partial charge in [-0.15, -0.1) is 0 Å². The first-order valence-electron chi connectivity index (χ1n) is 7.76. The zero-order chi connectivity index (χ0) is 14.8. The van der Waals surface area contributed by atoms with Crippen LogP contribution >= 0.6 is 0 Å². The van der Waals surface area contributed by atoms with E-state index in [2.05, 4.69) is 19.2 Å². The zero-order valence-electron chi connectivity index (χ0n) is 13.1. The smallest absolute Gasteiger partial charge is 0.332 e. The number of rotatable bonds is 9. The molecule has 0 bridgehead atoms. The van der Waals surface area contributed by atoms with Crippen molar-refractivity contribution < 1.29 is 19.0 Å². The van der Waals surface area contributed by atoms with Crippen LogP contribution in [0.25, 0.3) is 0 Å². The lowest BCUT2D eigenvalue weighted by Gasteiger charge is -2.40. The van der Waals surface area contributed by atoms with Gasteiger partial charge in [0.25, 0.3) is 0 Å². The highest BCUT2D eigenvalue weighted by Gasteiger charge is 2.34. The van der Waals surface area contributed by atoms with Crippen molar-refractivity contribution in [3.05, 3.63) is 0 Å². The molecule has 20 heavy (non-hydrogen) atoms. The highest BCUT2D eigenvalue weighted by molar-refractivity contribution is 5.70. The summed E-state index contributed by atoms with van der Waals surface area (Å²) in [7, 11) is 0. The van der Waals surface area contributed by atoms with Crippen LogP contribution in [0.15, 0.2) is 0 Å². The van der Waals surface area contributed by atoms with Gasteiger partial charge in [-0.2, -0.15) is 0 Å². The van der Waals surface area contributed by atoms with Crippen LogP contribution in [0.1, 0.15) is 46.5 Å². The topological polar surface area (TPSA) is 56.8 Å². The van der Waals surface area contributed by atoms with Crippen LogP contribution in [0.2, 0.25) is 0 Å². The Balaban J connectivity index is 2.14. The van der Waals surface area contributed by atoms with Gasteiger partial charge in [0.2, 0.25) is 0 Å². The van der Waals surface area contributed by atoms with E-state index in [0.29, 0.717) is 19.3 Å². The summed E-state index contributed by atoms with van der Waals surface area (Å²) >= 11 is 0. The maximum Gasteiger partial charge on any atom is 0.332 e. The highest BCUT2D eigenvalue weighted by atomic mass is 16.6. The minimum atomic E-state index is -0.297. The third-order valence-electron chi connectivity index (χ3n) is 3.99. The maximum absolute atomic E-state index is 11.1. The number of nitrogens with one attached hydrogen (secondary N) is 1. The molecule has 118 valence electrons. The number of carbonyl (C=O) groups is 1. The molecule has 1 rings (SSSR count). The summed E-state index contributed by atoms with van der Waals surface area (Å²) < 4.78 is 16.0. The van der Waals surface area contributed by atoms with Crippen molar-refractivity contribution in [3.8, 4) is 0 Å². The fourth-order valence-corrected chi connectivity index (χ4v) is 2.64. The van der Waals surface area contributed by atoms with Crippen molar-refractivity contribution in [2.45, 2.75) is 58.1 Å². The van der Waals surface area contributed by atoms with Gasteiger partial charge in [0.1, 0.15) is 6.61 Å². The maximum atomic E-state index is 11.1. The largest absolute Gasteiger partial charge is 0.464 e. The van der Waals surface area contributed by atoms with Crippen LogP contribution in [0.4, 0.5) is 0 Å². The van der Waals surface area contributed by atoms with Crippen LogP contribution < -0.4 is 5.32 Å². The standard InChI is InChI=1S/C15H29NO4/c1-4-15(5-2)11-13(7-9-20-15)16-8-10-18-12-14(17)19-6-3/h13,16H,4-12H2,1-3H3. The molecule has 1 aliphatic heterocycles. The third kappa shape index (κ3) is 5.77. The molecule has 1 unspecified atom stereocenters. The Morgan fingerprint density at radius 3 is 2.75 bits per heavy atom. The molecule has 1 fully saturated rings. The Morgan fingerprint density at radius 2 is 2.10 bits per heavy atom. The zero-order valence-corrected chi connectivity index (χ0v) is 13.1. The Morgan fingerprint density at radius 1 is 1.35 bits per heavy atom. The Labute approximate surface area is 122 Å². The average molecular weight is 287 g/mol. The lowest BCUT2D eigenvalue weighted by molar-refractivity contribution is -0.148. The summed E-state index contributed by atoms with van der Waals surface area (Å²) in [6.45, 7) is 8.72. The molecule has 1 atom stereocenters. The first-order valence-corrected chi connectivity index (χ1v) is 7.76. The molecule has 0 spiro atoms. The number of esters is 1. The van der Waals surface area contributed by atoms with E-state index in [1.165, 1.54) is 0 Å². The predicted molar refractivity (Wildman–Crippen MR) is 77.7 cm³/mol. The van der Waals surface area contributed by atoms with E-state index >= 15 is 0 Å². The van der Waals surface area contributed by atoms with Crippen molar-refractivity contribution in [2.75, 3.05) is 33.0 Å². The van der Waals surface area contributed by atoms with E-state index < -0.39 is 0 Å². The first-order chi connectivity index (χ1) is 9.65. The molecule has 1 saturated heterocycles. The second kappa shape index (κ2) is 9.32. The SMILES string of the molecule is CCOC(=O)COCCNC1CCOC(CC)(CC)C1. The first kappa shape index (κ1) is 17.4. The van der Waals surface area contributed by atoms with Gasteiger partial charge in [-0.05, 0) is 32.6 Å². The molecule has 0 aliphatic carbocycles. The molecular formula is C15H29NO4. The summed E-state index contributed by atoms with van der Waals surface area (Å²) in [5, 5.41) is 3.49. The average Bonchev–Trinajstić information content (AvgIpc) is 2.47. The summed E-state index contributed by atoms with van der Waals surface area (Å²) in [6.07, 6.45) is 4.21. The van der Waals surface area contributed by atoms with Gasteiger partial charge in [-0.3, -0.25) is 0 Å². The normalized spacial score (nSPS) is 21.6. The molecule has 1 aliphatic rings. The minimum absolute atomic E-state index is 0.0388. The fourth-order valence-electron chi connectivity index (χ4n) is 2.64.